The van der Waals surface area contributed by atoms with E-state index in [1.807, 2.05) is 6.92 Å². The monoisotopic (exact) mass is 183 g/mol. The highest BCUT2D eigenvalue weighted by Gasteiger charge is 2.11. The second kappa shape index (κ2) is 6.78. The molecule has 0 bridgehead atoms. The van der Waals surface area contributed by atoms with Crippen LogP contribution in [0.5, 0.6) is 0 Å². The van der Waals surface area contributed by atoms with Crippen molar-refractivity contribution in [1.29, 1.82) is 0 Å². The first-order valence-electron chi connectivity index (χ1n) is 4.83. The fourth-order valence-electron chi connectivity index (χ4n) is 1.18. The van der Waals surface area contributed by atoms with Crippen molar-refractivity contribution in [2.75, 3.05) is 32.8 Å². The number of morpholine rings is 1. The molecule has 0 spiro atoms. The first-order chi connectivity index (χ1) is 6.43. The molecule has 4 heteroatoms. The second-order valence-corrected chi connectivity index (χ2v) is 2.94. The van der Waals surface area contributed by atoms with Crippen molar-refractivity contribution in [3.8, 4) is 0 Å². The Morgan fingerprint density at radius 2 is 2.46 bits per heavy atom. The number of ether oxygens (including phenoxy) is 1. The summed E-state index contributed by atoms with van der Waals surface area (Å²) in [5.41, 5.74) is 0. The summed E-state index contributed by atoms with van der Waals surface area (Å²) in [6, 6.07) is 2.65. The van der Waals surface area contributed by atoms with Crippen LogP contribution in [0.3, 0.4) is 0 Å². The number of aliphatic imine (C=N–C) groups is 2. The van der Waals surface area contributed by atoms with E-state index >= 15 is 0 Å². The van der Waals surface area contributed by atoms with Gasteiger partial charge in [-0.1, -0.05) is 0 Å². The minimum Gasteiger partial charge on any atom is -0.376 e. The number of hydrogen-bond donors (Lipinski definition) is 1. The first kappa shape index (κ1) is 10.4. The minimum absolute atomic E-state index is 0.320. The van der Waals surface area contributed by atoms with Gasteiger partial charge >= 0.3 is 0 Å². The molecule has 1 aliphatic rings. The molecule has 0 saturated carbocycles. The van der Waals surface area contributed by atoms with E-state index in [-0.39, 0.29) is 0 Å². The van der Waals surface area contributed by atoms with Crippen LogP contribution in [0.1, 0.15) is 13.3 Å². The summed E-state index contributed by atoms with van der Waals surface area (Å²) >= 11 is 0. The Morgan fingerprint density at radius 1 is 1.54 bits per heavy atom. The predicted molar refractivity (Wildman–Crippen MR) is 52.5 cm³/mol. The summed E-state index contributed by atoms with van der Waals surface area (Å²) in [5.74, 6) is 0. The average molecular weight is 183 g/mol. The van der Waals surface area contributed by atoms with Crippen LogP contribution in [0.15, 0.2) is 9.98 Å². The van der Waals surface area contributed by atoms with E-state index in [9.17, 15) is 0 Å². The van der Waals surface area contributed by atoms with Crippen molar-refractivity contribution in [3.63, 3.8) is 0 Å². The van der Waals surface area contributed by atoms with Gasteiger partial charge in [0.2, 0.25) is 0 Å². The minimum atomic E-state index is 0.320. The highest BCUT2D eigenvalue weighted by Crippen LogP contribution is 2.00. The normalized spacial score (nSPS) is 22.1. The molecule has 1 atom stereocenters. The zero-order chi connectivity index (χ0) is 9.36. The molecule has 1 N–H and O–H groups in total. The number of nitrogens with zero attached hydrogens (tertiary/aromatic N) is 2. The summed E-state index contributed by atoms with van der Waals surface area (Å²) in [5, 5.41) is 3.28. The molecule has 1 unspecified atom stereocenters. The van der Waals surface area contributed by atoms with Gasteiger partial charge in [-0.3, -0.25) is 0 Å². The number of hydrogen-bond acceptors (Lipinski definition) is 4. The van der Waals surface area contributed by atoms with Gasteiger partial charge in [-0.2, -0.15) is 0 Å². The maximum absolute atomic E-state index is 5.50. The van der Waals surface area contributed by atoms with Gasteiger partial charge in [0.1, 0.15) is 0 Å². The standard InChI is InChI=1S/C9H17N3O/c1-2-10-8-12-4-3-9-7-11-5-6-13-9/h9,11H,2-7H2,1H3. The number of rotatable bonds is 4. The molecule has 13 heavy (non-hydrogen) atoms. The van der Waals surface area contributed by atoms with Crippen LogP contribution >= 0.6 is 0 Å². The van der Waals surface area contributed by atoms with Gasteiger partial charge in [-0.25, -0.2) is 9.98 Å². The van der Waals surface area contributed by atoms with Crippen LogP contribution in [-0.4, -0.2) is 44.9 Å². The molecule has 74 valence electrons. The van der Waals surface area contributed by atoms with Crippen molar-refractivity contribution in [2.24, 2.45) is 9.98 Å². The Labute approximate surface area is 79.1 Å². The second-order valence-electron chi connectivity index (χ2n) is 2.94. The Hall–Kier alpha value is -0.700. The van der Waals surface area contributed by atoms with Crippen molar-refractivity contribution in [3.05, 3.63) is 0 Å². The zero-order valence-electron chi connectivity index (χ0n) is 8.12. The summed E-state index contributed by atoms with van der Waals surface area (Å²) < 4.78 is 5.50. The smallest absolute Gasteiger partial charge is 0.0892 e. The van der Waals surface area contributed by atoms with Gasteiger partial charge in [0.25, 0.3) is 0 Å². The third kappa shape index (κ3) is 4.78. The summed E-state index contributed by atoms with van der Waals surface area (Å²) in [7, 11) is 0. The maximum atomic E-state index is 5.50. The maximum Gasteiger partial charge on any atom is 0.0892 e. The van der Waals surface area contributed by atoms with Crippen LogP contribution in [-0.2, 0) is 4.74 Å². The molecule has 0 aromatic rings. The van der Waals surface area contributed by atoms with E-state index < -0.39 is 0 Å². The Morgan fingerprint density at radius 3 is 3.15 bits per heavy atom. The van der Waals surface area contributed by atoms with Crippen LogP contribution in [0.4, 0.5) is 0 Å². The van der Waals surface area contributed by atoms with Crippen LogP contribution in [0.2, 0.25) is 0 Å². The van der Waals surface area contributed by atoms with Gasteiger partial charge in [0.05, 0.1) is 25.3 Å². The Bertz CT molecular complexity index is 181. The summed E-state index contributed by atoms with van der Waals surface area (Å²) in [6.45, 7) is 6.21. The molecule has 0 aromatic carbocycles. The molecule has 0 amide bonds. The molecule has 1 saturated heterocycles. The molecular weight excluding hydrogens is 166 g/mol. The Kier molecular flexibility index (Phi) is 5.41. The van der Waals surface area contributed by atoms with Crippen LogP contribution < -0.4 is 5.32 Å². The van der Waals surface area contributed by atoms with Crippen LogP contribution in [0, 0.1) is 0 Å². The largest absolute Gasteiger partial charge is 0.376 e. The van der Waals surface area contributed by atoms with Crippen molar-refractivity contribution in [1.82, 2.24) is 5.32 Å². The molecule has 1 heterocycles. The molecule has 0 radical (unpaired) electrons. The van der Waals surface area contributed by atoms with E-state index in [2.05, 4.69) is 21.3 Å². The highest BCUT2D eigenvalue weighted by molar-refractivity contribution is 5.40. The predicted octanol–water partition coefficient (Wildman–Crippen LogP) is 0.559. The fraction of sp³-hybridized carbons (Fsp3) is 0.889. The molecule has 1 aliphatic heterocycles. The average Bonchev–Trinajstić information content (AvgIpc) is 2.19. The van der Waals surface area contributed by atoms with E-state index in [1.54, 1.807) is 0 Å². The lowest BCUT2D eigenvalue weighted by atomic mass is 10.2. The lowest BCUT2D eigenvalue weighted by Gasteiger charge is -2.22. The molecular formula is C9H17N3O. The van der Waals surface area contributed by atoms with Gasteiger partial charge < -0.3 is 10.1 Å². The topological polar surface area (TPSA) is 46.0 Å². The quantitative estimate of drug-likeness (QED) is 0.647. The molecule has 1 rings (SSSR count). The van der Waals surface area contributed by atoms with Crippen LogP contribution in [0.25, 0.3) is 0 Å². The van der Waals surface area contributed by atoms with Gasteiger partial charge in [-0.15, -0.1) is 0 Å². The molecule has 1 fully saturated rings. The van der Waals surface area contributed by atoms with Gasteiger partial charge in [0.15, 0.2) is 0 Å². The van der Waals surface area contributed by atoms with E-state index in [0.29, 0.717) is 6.10 Å². The molecule has 0 aliphatic carbocycles. The SMILES string of the molecule is CCN=C=NCCC1CNCCO1. The molecule has 4 nitrogen and oxygen atoms in total. The third-order valence-corrected chi connectivity index (χ3v) is 1.87. The van der Waals surface area contributed by atoms with E-state index in [4.69, 9.17) is 4.74 Å². The number of nitrogens with one attached hydrogen (secondary N) is 1. The van der Waals surface area contributed by atoms with Crippen molar-refractivity contribution < 1.29 is 4.74 Å². The van der Waals surface area contributed by atoms with Crippen molar-refractivity contribution in [2.45, 2.75) is 19.4 Å². The molecule has 0 aromatic heterocycles. The van der Waals surface area contributed by atoms with Crippen molar-refractivity contribution >= 4 is 6.01 Å². The lowest BCUT2D eigenvalue weighted by Crippen LogP contribution is -2.38. The lowest BCUT2D eigenvalue weighted by molar-refractivity contribution is 0.0253. The fourth-order valence-corrected chi connectivity index (χ4v) is 1.18. The van der Waals surface area contributed by atoms with E-state index in [0.717, 1.165) is 39.2 Å². The van der Waals surface area contributed by atoms with Gasteiger partial charge in [0, 0.05) is 19.6 Å². The first-order valence-corrected chi connectivity index (χ1v) is 4.83. The van der Waals surface area contributed by atoms with E-state index in [1.165, 1.54) is 0 Å². The summed E-state index contributed by atoms with van der Waals surface area (Å²) in [4.78, 5) is 7.91. The zero-order valence-corrected chi connectivity index (χ0v) is 8.12. The summed E-state index contributed by atoms with van der Waals surface area (Å²) in [6.07, 6.45) is 1.28. The third-order valence-electron chi connectivity index (χ3n) is 1.87. The highest BCUT2D eigenvalue weighted by atomic mass is 16.5. The Balaban J connectivity index is 2.07. The van der Waals surface area contributed by atoms with Gasteiger partial charge in [-0.05, 0) is 13.3 Å².